The predicted molar refractivity (Wildman–Crippen MR) is 104 cm³/mol. The maximum absolute atomic E-state index is 10.9. The third-order valence-electron chi connectivity index (χ3n) is 4.85. The Labute approximate surface area is 157 Å². The summed E-state index contributed by atoms with van der Waals surface area (Å²) < 4.78 is 0. The van der Waals surface area contributed by atoms with Gasteiger partial charge in [-0.2, -0.15) is 0 Å². The molecule has 0 spiro atoms. The van der Waals surface area contributed by atoms with Gasteiger partial charge in [0.25, 0.3) is 0 Å². The molecule has 1 rings (SSSR count). The summed E-state index contributed by atoms with van der Waals surface area (Å²) in [5.41, 5.74) is 1.31. The number of carbonyl (C=O) groups is 2. The van der Waals surface area contributed by atoms with Crippen LogP contribution < -0.4 is 0 Å². The minimum Gasteiger partial charge on any atom is -0.393 e. The maximum Gasteiger partial charge on any atom is 0.125 e. The number of aliphatic hydroxyl groups is 2. The average Bonchev–Trinajstić information content (AvgIpc) is 2.60. The number of benzene rings is 1. The quantitative estimate of drug-likeness (QED) is 0.558. The van der Waals surface area contributed by atoms with Crippen molar-refractivity contribution in [3.63, 3.8) is 0 Å². The van der Waals surface area contributed by atoms with Gasteiger partial charge in [-0.3, -0.25) is 0 Å². The van der Waals surface area contributed by atoms with Crippen molar-refractivity contribution in [3.8, 4) is 0 Å². The fourth-order valence-electron chi connectivity index (χ4n) is 2.75. The summed E-state index contributed by atoms with van der Waals surface area (Å²) in [5, 5.41) is 20.3. The fraction of sp³-hybridized carbons (Fsp3) is 0.636. The molecule has 0 radical (unpaired) electrons. The largest absolute Gasteiger partial charge is 0.393 e. The van der Waals surface area contributed by atoms with Crippen molar-refractivity contribution < 1.29 is 19.8 Å². The van der Waals surface area contributed by atoms with Crippen LogP contribution in [0.25, 0.3) is 0 Å². The van der Waals surface area contributed by atoms with Crippen LogP contribution in [0.1, 0.15) is 64.5 Å². The molecule has 0 aliphatic carbocycles. The van der Waals surface area contributed by atoms with Crippen molar-refractivity contribution >= 4 is 12.6 Å². The van der Waals surface area contributed by atoms with E-state index in [1.54, 1.807) is 0 Å². The third-order valence-corrected chi connectivity index (χ3v) is 4.85. The third kappa shape index (κ3) is 8.72. The molecule has 1 aromatic carbocycles. The lowest BCUT2D eigenvalue weighted by Crippen LogP contribution is -2.19. The fourth-order valence-corrected chi connectivity index (χ4v) is 2.75. The Balaban J connectivity index is 2.45. The molecule has 0 saturated carbocycles. The van der Waals surface area contributed by atoms with Crippen LogP contribution in [0.2, 0.25) is 0 Å². The zero-order valence-electron chi connectivity index (χ0n) is 16.6. The lowest BCUT2D eigenvalue weighted by atomic mass is 9.87. The molecule has 2 unspecified atom stereocenters. The van der Waals surface area contributed by atoms with E-state index in [2.05, 4.69) is 0 Å². The van der Waals surface area contributed by atoms with Crippen molar-refractivity contribution in [1.29, 1.82) is 0 Å². The van der Waals surface area contributed by atoms with Gasteiger partial charge in [-0.15, -0.1) is 0 Å². The van der Waals surface area contributed by atoms with Crippen LogP contribution in [0.3, 0.4) is 0 Å². The topological polar surface area (TPSA) is 74.6 Å². The second kappa shape index (κ2) is 9.98. The number of aliphatic hydroxyl groups excluding tert-OH is 2. The van der Waals surface area contributed by atoms with Gasteiger partial charge in [0.05, 0.1) is 12.2 Å². The van der Waals surface area contributed by atoms with Crippen LogP contribution >= 0.6 is 0 Å². The van der Waals surface area contributed by atoms with Crippen molar-refractivity contribution in [3.05, 3.63) is 35.4 Å². The first kappa shape index (κ1) is 22.5. The van der Waals surface area contributed by atoms with Crippen molar-refractivity contribution in [2.45, 2.75) is 78.4 Å². The summed E-state index contributed by atoms with van der Waals surface area (Å²) in [6.07, 6.45) is 4.60. The first-order valence-electron chi connectivity index (χ1n) is 9.43. The molecule has 0 amide bonds. The van der Waals surface area contributed by atoms with Gasteiger partial charge in [0.1, 0.15) is 12.6 Å². The van der Waals surface area contributed by atoms with E-state index in [1.165, 1.54) is 0 Å². The van der Waals surface area contributed by atoms with E-state index in [-0.39, 0.29) is 10.8 Å². The second-order valence-electron chi connectivity index (χ2n) is 8.82. The molecule has 1 aromatic rings. The van der Waals surface area contributed by atoms with Crippen LogP contribution in [0.15, 0.2) is 24.3 Å². The number of rotatable bonds is 12. The van der Waals surface area contributed by atoms with E-state index in [1.807, 2.05) is 52.0 Å². The highest BCUT2D eigenvalue weighted by Crippen LogP contribution is 2.23. The molecule has 0 saturated heterocycles. The summed E-state index contributed by atoms with van der Waals surface area (Å²) in [5.74, 6) is 0. The molecule has 0 bridgehead atoms. The Morgan fingerprint density at radius 2 is 1.08 bits per heavy atom. The molecule has 0 aromatic heterocycles. The molecule has 2 atom stereocenters. The average molecular weight is 363 g/mol. The van der Waals surface area contributed by atoms with Crippen molar-refractivity contribution in [1.82, 2.24) is 0 Å². The highest BCUT2D eigenvalue weighted by atomic mass is 16.3. The van der Waals surface area contributed by atoms with Crippen LogP contribution in [-0.2, 0) is 22.4 Å². The molecule has 4 nitrogen and oxygen atoms in total. The zero-order chi connectivity index (χ0) is 19.8. The van der Waals surface area contributed by atoms with Crippen LogP contribution in [0, 0.1) is 10.8 Å². The summed E-state index contributed by atoms with van der Waals surface area (Å²) in [6, 6.07) is 7.91. The van der Waals surface area contributed by atoms with Crippen LogP contribution in [0.5, 0.6) is 0 Å². The Morgan fingerprint density at radius 3 is 1.35 bits per heavy atom. The first-order valence-corrected chi connectivity index (χ1v) is 9.43. The molecular formula is C22H34O4. The van der Waals surface area contributed by atoms with E-state index in [9.17, 15) is 19.8 Å². The summed E-state index contributed by atoms with van der Waals surface area (Å²) in [4.78, 5) is 21.8. The van der Waals surface area contributed by atoms with Gasteiger partial charge in [0, 0.05) is 10.8 Å². The van der Waals surface area contributed by atoms with Crippen molar-refractivity contribution in [2.75, 3.05) is 0 Å². The lowest BCUT2D eigenvalue weighted by molar-refractivity contribution is -0.115. The summed E-state index contributed by atoms with van der Waals surface area (Å²) >= 11 is 0. The van der Waals surface area contributed by atoms with E-state index in [4.69, 9.17) is 0 Å². The number of hydrogen-bond donors (Lipinski definition) is 2. The number of aldehydes is 2. The summed E-state index contributed by atoms with van der Waals surface area (Å²) in [6.45, 7) is 7.51. The molecule has 0 aliphatic heterocycles. The van der Waals surface area contributed by atoms with Gasteiger partial charge >= 0.3 is 0 Å². The van der Waals surface area contributed by atoms with Crippen LogP contribution in [-0.4, -0.2) is 35.0 Å². The Kier molecular flexibility index (Phi) is 8.65. The number of carbonyl (C=O) groups excluding carboxylic acids is 2. The van der Waals surface area contributed by atoms with Gasteiger partial charge in [-0.05, 0) is 49.7 Å². The lowest BCUT2D eigenvalue weighted by Gasteiger charge is -2.19. The Bertz CT molecular complexity index is 509. The molecular weight excluding hydrogens is 328 g/mol. The highest BCUT2D eigenvalue weighted by molar-refractivity contribution is 5.58. The highest BCUT2D eigenvalue weighted by Gasteiger charge is 2.19. The Morgan fingerprint density at radius 1 is 0.769 bits per heavy atom. The van der Waals surface area contributed by atoms with E-state index in [0.29, 0.717) is 38.5 Å². The maximum atomic E-state index is 10.9. The van der Waals surface area contributed by atoms with Gasteiger partial charge in [-0.1, -0.05) is 52.0 Å². The molecule has 4 heteroatoms. The molecule has 0 fully saturated rings. The molecule has 146 valence electrons. The number of hydrogen-bond acceptors (Lipinski definition) is 4. The zero-order valence-corrected chi connectivity index (χ0v) is 16.6. The van der Waals surface area contributed by atoms with E-state index in [0.717, 1.165) is 23.7 Å². The molecule has 2 N–H and O–H groups in total. The molecule has 26 heavy (non-hydrogen) atoms. The van der Waals surface area contributed by atoms with E-state index >= 15 is 0 Å². The van der Waals surface area contributed by atoms with Crippen molar-refractivity contribution in [2.24, 2.45) is 10.8 Å². The van der Waals surface area contributed by atoms with Gasteiger partial charge in [0.2, 0.25) is 0 Å². The normalized spacial score (nSPS) is 14.7. The smallest absolute Gasteiger partial charge is 0.125 e. The monoisotopic (exact) mass is 362 g/mol. The minimum atomic E-state index is -0.462. The Hall–Kier alpha value is -1.52. The minimum absolute atomic E-state index is 0.389. The standard InChI is InChI=1S/C22H34O4/c1-21(2,15-23)11-9-19(25)13-17-5-7-18(8-6-17)14-20(26)10-12-22(3,4)16-24/h5-8,15-16,19-20,25-26H,9-14H2,1-4H3. The summed E-state index contributed by atoms with van der Waals surface area (Å²) in [7, 11) is 0. The first-order chi connectivity index (χ1) is 12.1. The van der Waals surface area contributed by atoms with Gasteiger partial charge in [0.15, 0.2) is 0 Å². The second-order valence-corrected chi connectivity index (χ2v) is 8.82. The predicted octanol–water partition coefficient (Wildman–Crippen LogP) is 3.50. The van der Waals surface area contributed by atoms with Crippen LogP contribution in [0.4, 0.5) is 0 Å². The van der Waals surface area contributed by atoms with E-state index < -0.39 is 12.2 Å². The van der Waals surface area contributed by atoms with Gasteiger partial charge < -0.3 is 19.8 Å². The molecule has 0 heterocycles. The van der Waals surface area contributed by atoms with Gasteiger partial charge in [-0.25, -0.2) is 0 Å². The SMILES string of the molecule is CC(C)(C=O)CCC(O)Cc1ccc(CC(O)CCC(C)(C)C=O)cc1. The molecule has 0 aliphatic rings.